The molecular weight excluding hydrogens is 282 g/mol. The van der Waals surface area contributed by atoms with Gasteiger partial charge in [-0.25, -0.2) is 13.6 Å². The van der Waals surface area contributed by atoms with Gasteiger partial charge in [-0.3, -0.25) is 4.79 Å². The van der Waals surface area contributed by atoms with Crippen LogP contribution in [0.15, 0.2) is 18.2 Å². The summed E-state index contributed by atoms with van der Waals surface area (Å²) in [6, 6.07) is 2.69. The number of carboxylic acids is 1. The molecule has 0 radical (unpaired) electrons. The van der Waals surface area contributed by atoms with Crippen molar-refractivity contribution in [2.75, 3.05) is 13.1 Å². The van der Waals surface area contributed by atoms with Gasteiger partial charge in [0.2, 0.25) is 0 Å². The Hall–Kier alpha value is -2.18. The van der Waals surface area contributed by atoms with E-state index in [4.69, 9.17) is 5.11 Å². The minimum Gasteiger partial charge on any atom is -0.481 e. The van der Waals surface area contributed by atoms with E-state index in [0.717, 1.165) is 12.1 Å². The molecule has 2 N–H and O–H groups in total. The average molecular weight is 298 g/mol. The van der Waals surface area contributed by atoms with Gasteiger partial charge < -0.3 is 15.3 Å². The maximum atomic E-state index is 13.4. The second-order valence-corrected chi connectivity index (χ2v) is 5.02. The molecule has 114 valence electrons. The first-order chi connectivity index (χ1) is 9.97. The molecule has 0 aliphatic carbocycles. The predicted octanol–water partition coefficient (Wildman–Crippen LogP) is 1.97. The summed E-state index contributed by atoms with van der Waals surface area (Å²) in [6.45, 7) is 0.549. The topological polar surface area (TPSA) is 69.6 Å². The van der Waals surface area contributed by atoms with Crippen molar-refractivity contribution in [3.05, 3.63) is 35.4 Å². The normalized spacial score (nSPS) is 18.4. The molecule has 1 atom stereocenters. The van der Waals surface area contributed by atoms with Crippen molar-refractivity contribution >= 4 is 12.0 Å². The summed E-state index contributed by atoms with van der Waals surface area (Å²) in [6.07, 6.45) is 1.17. The standard InChI is InChI=1S/C14H16F2N2O3/c15-11-4-3-9(12(16)6-11)7-17-14(21)18-5-1-2-10(8-18)13(19)20/h3-4,6,10H,1-2,5,7-8H2,(H,17,21)(H,19,20)/t10-/m1/s1. The zero-order valence-electron chi connectivity index (χ0n) is 11.3. The third-order valence-electron chi connectivity index (χ3n) is 3.50. The van der Waals surface area contributed by atoms with Crippen LogP contribution in [0, 0.1) is 17.6 Å². The minimum atomic E-state index is -0.919. The molecule has 1 aromatic carbocycles. The molecule has 1 aromatic rings. The van der Waals surface area contributed by atoms with Crippen molar-refractivity contribution in [1.29, 1.82) is 0 Å². The molecule has 0 aromatic heterocycles. The Labute approximate surface area is 120 Å². The SMILES string of the molecule is O=C(O)[C@@H]1CCCN(C(=O)NCc2ccc(F)cc2F)C1. The zero-order valence-corrected chi connectivity index (χ0v) is 11.3. The number of nitrogens with one attached hydrogen (secondary N) is 1. The average Bonchev–Trinajstić information content (AvgIpc) is 2.46. The molecule has 0 spiro atoms. The Morgan fingerprint density at radius 3 is 2.81 bits per heavy atom. The maximum absolute atomic E-state index is 13.4. The highest BCUT2D eigenvalue weighted by atomic mass is 19.1. The van der Waals surface area contributed by atoms with Crippen molar-refractivity contribution in [2.24, 2.45) is 5.92 Å². The molecule has 1 aliphatic heterocycles. The lowest BCUT2D eigenvalue weighted by Crippen LogP contribution is -2.46. The third-order valence-corrected chi connectivity index (χ3v) is 3.50. The van der Waals surface area contributed by atoms with Crippen molar-refractivity contribution in [3.8, 4) is 0 Å². The van der Waals surface area contributed by atoms with E-state index < -0.39 is 29.6 Å². The number of hydrogen-bond donors (Lipinski definition) is 2. The Balaban J connectivity index is 1.90. The van der Waals surface area contributed by atoms with Gasteiger partial charge in [0.15, 0.2) is 0 Å². The van der Waals surface area contributed by atoms with Crippen molar-refractivity contribution in [1.82, 2.24) is 10.2 Å². The van der Waals surface area contributed by atoms with Crippen LogP contribution in [0.25, 0.3) is 0 Å². The second-order valence-electron chi connectivity index (χ2n) is 5.02. The smallest absolute Gasteiger partial charge is 0.317 e. The van der Waals surface area contributed by atoms with Crippen molar-refractivity contribution in [2.45, 2.75) is 19.4 Å². The third kappa shape index (κ3) is 3.90. The number of aliphatic carboxylic acids is 1. The van der Waals surface area contributed by atoms with Gasteiger partial charge in [-0.1, -0.05) is 6.07 Å². The lowest BCUT2D eigenvalue weighted by molar-refractivity contribution is -0.143. The Morgan fingerprint density at radius 1 is 1.38 bits per heavy atom. The maximum Gasteiger partial charge on any atom is 0.317 e. The van der Waals surface area contributed by atoms with Gasteiger partial charge in [0.25, 0.3) is 0 Å². The van der Waals surface area contributed by atoms with E-state index in [1.807, 2.05) is 0 Å². The van der Waals surface area contributed by atoms with Crippen LogP contribution >= 0.6 is 0 Å². The number of carbonyl (C=O) groups is 2. The summed E-state index contributed by atoms with van der Waals surface area (Å²) in [5.74, 6) is -2.88. The van der Waals surface area contributed by atoms with E-state index in [9.17, 15) is 18.4 Å². The molecule has 0 saturated carbocycles. The summed E-state index contributed by atoms with van der Waals surface area (Å²) in [4.78, 5) is 24.3. The van der Waals surface area contributed by atoms with Crippen LogP contribution in [-0.4, -0.2) is 35.1 Å². The van der Waals surface area contributed by atoms with E-state index in [2.05, 4.69) is 5.32 Å². The van der Waals surface area contributed by atoms with Gasteiger partial charge >= 0.3 is 12.0 Å². The summed E-state index contributed by atoms with van der Waals surface area (Å²) < 4.78 is 26.2. The van der Waals surface area contributed by atoms with E-state index >= 15 is 0 Å². The van der Waals surface area contributed by atoms with Gasteiger partial charge in [-0.15, -0.1) is 0 Å². The summed E-state index contributed by atoms with van der Waals surface area (Å²) in [5.41, 5.74) is 0.177. The largest absolute Gasteiger partial charge is 0.481 e. The van der Waals surface area contributed by atoms with Crippen molar-refractivity contribution in [3.63, 3.8) is 0 Å². The molecule has 1 heterocycles. The van der Waals surface area contributed by atoms with Crippen LogP contribution < -0.4 is 5.32 Å². The molecule has 0 bridgehead atoms. The lowest BCUT2D eigenvalue weighted by atomic mass is 9.99. The number of carboxylic acid groups (broad SMARTS) is 1. The first-order valence-corrected chi connectivity index (χ1v) is 6.67. The van der Waals surface area contributed by atoms with Crippen LogP contribution in [0.1, 0.15) is 18.4 Å². The second kappa shape index (κ2) is 6.51. The molecule has 5 nitrogen and oxygen atoms in total. The number of rotatable bonds is 3. The van der Waals surface area contributed by atoms with Gasteiger partial charge in [0.1, 0.15) is 11.6 Å². The summed E-state index contributed by atoms with van der Waals surface area (Å²) >= 11 is 0. The molecule has 7 heteroatoms. The van der Waals surface area contributed by atoms with Gasteiger partial charge in [-0.2, -0.15) is 0 Å². The van der Waals surface area contributed by atoms with E-state index in [1.165, 1.54) is 11.0 Å². The lowest BCUT2D eigenvalue weighted by Gasteiger charge is -2.30. The monoisotopic (exact) mass is 298 g/mol. The van der Waals surface area contributed by atoms with Gasteiger partial charge in [0.05, 0.1) is 5.92 Å². The first-order valence-electron chi connectivity index (χ1n) is 6.67. The summed E-state index contributed by atoms with van der Waals surface area (Å²) in [5, 5.41) is 11.5. The molecular formula is C14H16F2N2O3. The molecule has 2 amide bonds. The molecule has 1 saturated heterocycles. The highest BCUT2D eigenvalue weighted by molar-refractivity contribution is 5.76. The molecule has 0 unspecified atom stereocenters. The number of benzene rings is 1. The van der Waals surface area contributed by atoms with E-state index in [0.29, 0.717) is 19.4 Å². The Morgan fingerprint density at radius 2 is 2.14 bits per heavy atom. The Bertz CT molecular complexity index is 551. The highest BCUT2D eigenvalue weighted by Crippen LogP contribution is 2.17. The number of nitrogens with zero attached hydrogens (tertiary/aromatic N) is 1. The molecule has 1 fully saturated rings. The number of halogens is 2. The van der Waals surface area contributed by atoms with Crippen LogP contribution in [0.2, 0.25) is 0 Å². The van der Waals surface area contributed by atoms with Crippen LogP contribution in [0.5, 0.6) is 0 Å². The van der Waals surface area contributed by atoms with E-state index in [1.54, 1.807) is 0 Å². The molecule has 21 heavy (non-hydrogen) atoms. The Kier molecular flexibility index (Phi) is 4.72. The highest BCUT2D eigenvalue weighted by Gasteiger charge is 2.27. The minimum absolute atomic E-state index is 0.0703. The van der Waals surface area contributed by atoms with Crippen LogP contribution in [0.3, 0.4) is 0 Å². The number of likely N-dealkylation sites (tertiary alicyclic amines) is 1. The first kappa shape index (κ1) is 15.2. The fraction of sp³-hybridized carbons (Fsp3) is 0.429. The van der Waals surface area contributed by atoms with Gasteiger partial charge in [-0.05, 0) is 18.9 Å². The predicted molar refractivity (Wildman–Crippen MR) is 70.5 cm³/mol. The molecule has 1 aliphatic rings. The number of amides is 2. The van der Waals surface area contributed by atoms with Gasteiger partial charge in [0, 0.05) is 31.3 Å². The van der Waals surface area contributed by atoms with Crippen molar-refractivity contribution < 1.29 is 23.5 Å². The summed E-state index contributed by atoms with van der Waals surface area (Å²) in [7, 11) is 0. The van der Waals surface area contributed by atoms with Crippen LogP contribution in [0.4, 0.5) is 13.6 Å². The zero-order chi connectivity index (χ0) is 15.4. The molecule has 2 rings (SSSR count). The number of hydrogen-bond acceptors (Lipinski definition) is 2. The number of carbonyl (C=O) groups excluding carboxylic acids is 1. The fourth-order valence-electron chi connectivity index (χ4n) is 2.31. The van der Waals surface area contributed by atoms with E-state index in [-0.39, 0.29) is 18.7 Å². The van der Waals surface area contributed by atoms with Crippen LogP contribution in [-0.2, 0) is 11.3 Å². The fourth-order valence-corrected chi connectivity index (χ4v) is 2.31. The quantitative estimate of drug-likeness (QED) is 0.896. The number of piperidine rings is 1. The number of urea groups is 1.